The second kappa shape index (κ2) is 11.2. The van der Waals surface area contributed by atoms with Gasteiger partial charge >= 0.3 is 6.03 Å². The van der Waals surface area contributed by atoms with E-state index >= 15 is 0 Å². The second-order valence-electron chi connectivity index (χ2n) is 7.84. The number of rotatable bonds is 9. The first-order chi connectivity index (χ1) is 15.8. The summed E-state index contributed by atoms with van der Waals surface area (Å²) in [5, 5.41) is 8.15. The number of hydrogen-bond acceptors (Lipinski definition) is 4. The minimum atomic E-state index is -0.415. The van der Waals surface area contributed by atoms with Gasteiger partial charge in [-0.2, -0.15) is 5.10 Å². The van der Waals surface area contributed by atoms with Crippen LogP contribution in [0.15, 0.2) is 48.5 Å². The Labute approximate surface area is 198 Å². The van der Waals surface area contributed by atoms with Crippen molar-refractivity contribution in [2.75, 3.05) is 20.3 Å². The molecule has 1 heterocycles. The van der Waals surface area contributed by atoms with Gasteiger partial charge in [0.15, 0.2) is 0 Å². The van der Waals surface area contributed by atoms with Gasteiger partial charge in [-0.1, -0.05) is 17.7 Å². The lowest BCUT2D eigenvalue weighted by atomic mass is 10.2. The molecule has 2 amide bonds. The van der Waals surface area contributed by atoms with Gasteiger partial charge in [0.05, 0.1) is 30.1 Å². The van der Waals surface area contributed by atoms with Crippen molar-refractivity contribution in [3.63, 3.8) is 0 Å². The van der Waals surface area contributed by atoms with Crippen LogP contribution in [0.2, 0.25) is 5.02 Å². The number of aromatic nitrogens is 2. The van der Waals surface area contributed by atoms with Gasteiger partial charge in [-0.25, -0.2) is 13.9 Å². The largest absolute Gasteiger partial charge is 0.438 e. The smallest absolute Gasteiger partial charge is 0.317 e. The van der Waals surface area contributed by atoms with E-state index in [0.29, 0.717) is 41.1 Å². The zero-order chi connectivity index (χ0) is 24.0. The Hall–Kier alpha value is -3.10. The van der Waals surface area contributed by atoms with Crippen LogP contribution in [0.5, 0.6) is 11.6 Å². The van der Waals surface area contributed by atoms with E-state index in [1.54, 1.807) is 41.0 Å². The van der Waals surface area contributed by atoms with E-state index in [1.807, 2.05) is 32.9 Å². The predicted octanol–water partition coefficient (Wildman–Crippen LogP) is 5.33. The molecule has 3 rings (SSSR count). The molecule has 9 heteroatoms. The van der Waals surface area contributed by atoms with E-state index in [1.165, 1.54) is 12.1 Å². The van der Waals surface area contributed by atoms with E-state index in [0.717, 1.165) is 5.69 Å². The van der Waals surface area contributed by atoms with E-state index in [2.05, 4.69) is 10.4 Å². The van der Waals surface area contributed by atoms with Crippen LogP contribution in [0, 0.1) is 12.7 Å². The molecule has 176 valence electrons. The average molecular weight is 475 g/mol. The van der Waals surface area contributed by atoms with Crippen LogP contribution in [0.4, 0.5) is 9.18 Å². The van der Waals surface area contributed by atoms with Gasteiger partial charge in [-0.15, -0.1) is 0 Å². The molecule has 0 aliphatic heterocycles. The molecule has 0 bridgehead atoms. The number of carbonyl (C=O) groups excluding carboxylic acids is 1. The van der Waals surface area contributed by atoms with Crippen LogP contribution < -0.4 is 10.1 Å². The SMILES string of the molecule is COCCN(Cc1c(C)nn(-c2ccc(Cl)cc2)c1Oc1cccc(F)c1)C(=O)NC(C)C. The molecule has 0 atom stereocenters. The first-order valence-corrected chi connectivity index (χ1v) is 11.0. The van der Waals surface area contributed by atoms with Crippen molar-refractivity contribution in [2.24, 2.45) is 0 Å². The Bertz CT molecular complexity index is 1090. The third kappa shape index (κ3) is 6.46. The van der Waals surface area contributed by atoms with Crippen molar-refractivity contribution in [1.82, 2.24) is 20.0 Å². The number of nitrogens with zero attached hydrogens (tertiary/aromatic N) is 3. The summed E-state index contributed by atoms with van der Waals surface area (Å²) in [5.41, 5.74) is 2.09. The Morgan fingerprint density at radius 3 is 2.61 bits per heavy atom. The Kier molecular flexibility index (Phi) is 8.30. The molecule has 33 heavy (non-hydrogen) atoms. The van der Waals surface area contributed by atoms with Crippen molar-refractivity contribution in [2.45, 2.75) is 33.4 Å². The lowest BCUT2D eigenvalue weighted by molar-refractivity contribution is 0.145. The fourth-order valence-electron chi connectivity index (χ4n) is 3.21. The number of benzene rings is 2. The van der Waals surface area contributed by atoms with Crippen LogP contribution >= 0.6 is 11.6 Å². The lowest BCUT2D eigenvalue weighted by Gasteiger charge is -2.24. The lowest BCUT2D eigenvalue weighted by Crippen LogP contribution is -2.44. The van der Waals surface area contributed by atoms with Gasteiger partial charge in [0, 0.05) is 30.8 Å². The van der Waals surface area contributed by atoms with Gasteiger partial charge in [0.25, 0.3) is 0 Å². The van der Waals surface area contributed by atoms with Crippen molar-refractivity contribution >= 4 is 17.6 Å². The summed E-state index contributed by atoms with van der Waals surface area (Å²) in [6.45, 7) is 6.61. The summed E-state index contributed by atoms with van der Waals surface area (Å²) in [7, 11) is 1.58. The number of halogens is 2. The summed E-state index contributed by atoms with van der Waals surface area (Å²) in [4.78, 5) is 14.5. The molecule has 0 aliphatic carbocycles. The van der Waals surface area contributed by atoms with Crippen LogP contribution in [0.1, 0.15) is 25.1 Å². The molecular weight excluding hydrogens is 447 g/mol. The minimum absolute atomic E-state index is 0.0246. The molecule has 0 saturated heterocycles. The highest BCUT2D eigenvalue weighted by Crippen LogP contribution is 2.32. The van der Waals surface area contributed by atoms with Gasteiger partial charge in [0.2, 0.25) is 5.88 Å². The van der Waals surface area contributed by atoms with E-state index in [9.17, 15) is 9.18 Å². The molecule has 3 aromatic rings. The van der Waals surface area contributed by atoms with Gasteiger partial charge in [-0.05, 0) is 57.2 Å². The quantitative estimate of drug-likeness (QED) is 0.455. The summed E-state index contributed by atoms with van der Waals surface area (Å²) in [5.74, 6) is 0.294. The zero-order valence-electron chi connectivity index (χ0n) is 19.1. The van der Waals surface area contributed by atoms with E-state index < -0.39 is 5.82 Å². The highest BCUT2D eigenvalue weighted by atomic mass is 35.5. The number of hydrogen-bond donors (Lipinski definition) is 1. The van der Waals surface area contributed by atoms with Gasteiger partial charge < -0.3 is 19.7 Å². The van der Waals surface area contributed by atoms with Gasteiger partial charge in [-0.3, -0.25) is 0 Å². The maximum Gasteiger partial charge on any atom is 0.317 e. The Morgan fingerprint density at radius 2 is 1.97 bits per heavy atom. The highest BCUT2D eigenvalue weighted by molar-refractivity contribution is 6.30. The topological polar surface area (TPSA) is 68.6 Å². The number of amides is 2. The fraction of sp³-hybridized carbons (Fsp3) is 0.333. The Balaban J connectivity index is 2.04. The molecule has 0 saturated carbocycles. The average Bonchev–Trinajstić information content (AvgIpc) is 3.06. The molecule has 0 spiro atoms. The first-order valence-electron chi connectivity index (χ1n) is 10.6. The third-order valence-electron chi connectivity index (χ3n) is 4.83. The highest BCUT2D eigenvalue weighted by Gasteiger charge is 2.24. The van der Waals surface area contributed by atoms with Crippen molar-refractivity contribution in [3.05, 3.63) is 70.6 Å². The molecule has 0 fully saturated rings. The molecule has 7 nitrogen and oxygen atoms in total. The van der Waals surface area contributed by atoms with Gasteiger partial charge in [0.1, 0.15) is 11.6 Å². The maximum absolute atomic E-state index is 13.8. The van der Waals surface area contributed by atoms with Crippen LogP contribution in [0.25, 0.3) is 5.69 Å². The Morgan fingerprint density at radius 1 is 1.24 bits per heavy atom. The number of ether oxygens (including phenoxy) is 2. The van der Waals surface area contributed by atoms with Crippen LogP contribution in [-0.4, -0.2) is 47.0 Å². The third-order valence-corrected chi connectivity index (χ3v) is 5.08. The van der Waals surface area contributed by atoms with E-state index in [4.69, 9.17) is 21.1 Å². The van der Waals surface area contributed by atoms with Crippen molar-refractivity contribution in [1.29, 1.82) is 0 Å². The van der Waals surface area contributed by atoms with Crippen molar-refractivity contribution in [3.8, 4) is 17.3 Å². The molecule has 0 unspecified atom stereocenters. The number of methoxy groups -OCH3 is 1. The number of nitrogens with one attached hydrogen (secondary N) is 1. The first kappa shape index (κ1) is 24.5. The molecule has 0 aliphatic rings. The number of urea groups is 1. The molecular formula is C24H28ClFN4O3. The normalized spacial score (nSPS) is 11.0. The standard InChI is InChI=1S/C24H28ClFN4O3/c1-16(2)27-24(31)29(12-13-32-4)15-22-17(3)28-30(20-10-8-18(25)9-11-20)23(22)33-21-7-5-6-19(26)14-21/h5-11,14,16H,12-13,15H2,1-4H3,(H,27,31). The van der Waals surface area contributed by atoms with Crippen LogP contribution in [-0.2, 0) is 11.3 Å². The number of carbonyl (C=O) groups is 1. The molecule has 1 aromatic heterocycles. The van der Waals surface area contributed by atoms with Crippen molar-refractivity contribution < 1.29 is 18.7 Å². The molecule has 0 radical (unpaired) electrons. The summed E-state index contributed by atoms with van der Waals surface area (Å²) < 4.78 is 26.8. The zero-order valence-corrected chi connectivity index (χ0v) is 19.9. The summed E-state index contributed by atoms with van der Waals surface area (Å²) in [6.07, 6.45) is 0. The van der Waals surface area contributed by atoms with Crippen LogP contribution in [0.3, 0.4) is 0 Å². The fourth-order valence-corrected chi connectivity index (χ4v) is 3.33. The van der Waals surface area contributed by atoms with E-state index in [-0.39, 0.29) is 18.6 Å². The molecule has 1 N–H and O–H groups in total. The molecule has 2 aromatic carbocycles. The maximum atomic E-state index is 13.8. The summed E-state index contributed by atoms with van der Waals surface area (Å²) >= 11 is 6.05. The predicted molar refractivity (Wildman–Crippen MR) is 126 cm³/mol. The minimum Gasteiger partial charge on any atom is -0.438 e. The number of aryl methyl sites for hydroxylation is 1. The second-order valence-corrected chi connectivity index (χ2v) is 8.27. The summed E-state index contributed by atoms with van der Waals surface area (Å²) in [6, 6.07) is 12.7. The monoisotopic (exact) mass is 474 g/mol.